The first-order valence-electron chi connectivity index (χ1n) is 6.18. The first-order valence-corrected chi connectivity index (χ1v) is 6.18. The molecule has 0 aromatic heterocycles. The Hall–Kier alpha value is -1.60. The number of epoxide rings is 1. The van der Waals surface area contributed by atoms with Crippen LogP contribution in [0.3, 0.4) is 0 Å². The lowest BCUT2D eigenvalue weighted by molar-refractivity contribution is 0.366. The van der Waals surface area contributed by atoms with Gasteiger partial charge >= 0.3 is 0 Å². The van der Waals surface area contributed by atoms with Crippen molar-refractivity contribution in [2.24, 2.45) is 0 Å². The molecule has 1 heteroatoms. The van der Waals surface area contributed by atoms with Crippen LogP contribution in [0, 0.1) is 0 Å². The molecule has 0 N–H and O–H groups in total. The van der Waals surface area contributed by atoms with E-state index in [1.807, 2.05) is 6.07 Å². The van der Waals surface area contributed by atoms with E-state index in [1.54, 1.807) is 0 Å². The second-order valence-electron chi connectivity index (χ2n) is 4.53. The summed E-state index contributed by atoms with van der Waals surface area (Å²) < 4.78 is 5.72. The minimum atomic E-state index is 0.333. The van der Waals surface area contributed by atoms with Crippen molar-refractivity contribution in [2.75, 3.05) is 0 Å². The molecule has 1 saturated heterocycles. The van der Waals surface area contributed by atoms with Crippen molar-refractivity contribution >= 4 is 0 Å². The van der Waals surface area contributed by atoms with Crippen LogP contribution in [0.25, 0.3) is 0 Å². The lowest BCUT2D eigenvalue weighted by Crippen LogP contribution is -1.93. The predicted octanol–water partition coefficient (Wildman–Crippen LogP) is 3.76. The fraction of sp³-hybridized carbons (Fsp3) is 0.250. The molecule has 1 nitrogen and oxygen atoms in total. The standard InChI is InChI=1S/C16H16O/c1-3-7-13(8-4-1)11-12-15-16(17-15)14-9-5-2-6-10-14/h1-10,15-16H,11-12H2/t15-,16+/m0/s1. The maximum atomic E-state index is 5.72. The average molecular weight is 224 g/mol. The second kappa shape index (κ2) is 4.72. The van der Waals surface area contributed by atoms with Gasteiger partial charge in [-0.25, -0.2) is 0 Å². The van der Waals surface area contributed by atoms with Crippen molar-refractivity contribution in [1.29, 1.82) is 0 Å². The molecule has 0 amide bonds. The van der Waals surface area contributed by atoms with Crippen molar-refractivity contribution in [1.82, 2.24) is 0 Å². The summed E-state index contributed by atoms with van der Waals surface area (Å²) in [5.41, 5.74) is 2.71. The van der Waals surface area contributed by atoms with Crippen LogP contribution in [0.2, 0.25) is 0 Å². The van der Waals surface area contributed by atoms with Crippen LogP contribution < -0.4 is 0 Å². The van der Waals surface area contributed by atoms with E-state index in [0.717, 1.165) is 12.8 Å². The smallest absolute Gasteiger partial charge is 0.109 e. The quantitative estimate of drug-likeness (QED) is 0.720. The summed E-state index contributed by atoms with van der Waals surface area (Å²) in [6.45, 7) is 0. The summed E-state index contributed by atoms with van der Waals surface area (Å²) in [6, 6.07) is 21.1. The molecule has 1 aliphatic heterocycles. The maximum Gasteiger partial charge on any atom is 0.109 e. The average Bonchev–Trinajstić information content (AvgIpc) is 3.18. The van der Waals surface area contributed by atoms with Gasteiger partial charge in [0, 0.05) is 0 Å². The molecule has 0 spiro atoms. The van der Waals surface area contributed by atoms with E-state index in [1.165, 1.54) is 11.1 Å². The number of ether oxygens (including phenoxy) is 1. The second-order valence-corrected chi connectivity index (χ2v) is 4.53. The largest absolute Gasteiger partial charge is 0.364 e. The van der Waals surface area contributed by atoms with Crippen LogP contribution >= 0.6 is 0 Å². The Balaban J connectivity index is 1.53. The van der Waals surface area contributed by atoms with Crippen LogP contribution in [-0.2, 0) is 11.2 Å². The van der Waals surface area contributed by atoms with Crippen LogP contribution in [0.1, 0.15) is 23.7 Å². The molecule has 0 radical (unpaired) electrons. The Labute approximate surface area is 102 Å². The zero-order valence-electron chi connectivity index (χ0n) is 9.75. The molecule has 1 heterocycles. The first-order chi connectivity index (χ1) is 8.43. The van der Waals surface area contributed by atoms with Crippen molar-refractivity contribution < 1.29 is 4.74 Å². The highest BCUT2D eigenvalue weighted by Gasteiger charge is 2.39. The Bertz CT molecular complexity index is 463. The van der Waals surface area contributed by atoms with E-state index in [2.05, 4.69) is 54.6 Å². The van der Waals surface area contributed by atoms with Crippen molar-refractivity contribution in [3.63, 3.8) is 0 Å². The summed E-state index contributed by atoms with van der Waals surface area (Å²) in [4.78, 5) is 0. The van der Waals surface area contributed by atoms with Crippen LogP contribution in [0.4, 0.5) is 0 Å². The van der Waals surface area contributed by atoms with Crippen LogP contribution in [-0.4, -0.2) is 6.10 Å². The van der Waals surface area contributed by atoms with Gasteiger partial charge in [-0.05, 0) is 24.0 Å². The summed E-state index contributed by atoms with van der Waals surface area (Å²) >= 11 is 0. The van der Waals surface area contributed by atoms with Gasteiger partial charge in [0.1, 0.15) is 6.10 Å². The molecule has 1 aliphatic rings. The molecule has 0 bridgehead atoms. The highest BCUT2D eigenvalue weighted by Crippen LogP contribution is 2.41. The summed E-state index contributed by atoms with van der Waals surface area (Å²) in [7, 11) is 0. The third-order valence-corrected chi connectivity index (χ3v) is 3.27. The fourth-order valence-corrected chi connectivity index (χ4v) is 2.25. The van der Waals surface area contributed by atoms with Gasteiger partial charge in [-0.1, -0.05) is 60.7 Å². The van der Waals surface area contributed by atoms with Crippen molar-refractivity contribution in [3.05, 3.63) is 71.8 Å². The zero-order valence-corrected chi connectivity index (χ0v) is 9.75. The van der Waals surface area contributed by atoms with Gasteiger partial charge in [0.15, 0.2) is 0 Å². The molecule has 0 aliphatic carbocycles. The minimum absolute atomic E-state index is 0.333. The Morgan fingerprint density at radius 2 is 1.47 bits per heavy atom. The zero-order chi connectivity index (χ0) is 11.5. The van der Waals surface area contributed by atoms with Crippen molar-refractivity contribution in [3.8, 4) is 0 Å². The molecule has 0 saturated carbocycles. The molecule has 2 aromatic rings. The molecular weight excluding hydrogens is 208 g/mol. The molecule has 2 aromatic carbocycles. The summed E-state index contributed by atoms with van der Waals surface area (Å²) in [5.74, 6) is 0. The normalized spacial score (nSPS) is 22.4. The van der Waals surface area contributed by atoms with Gasteiger partial charge in [-0.2, -0.15) is 0 Å². The number of hydrogen-bond donors (Lipinski definition) is 0. The third kappa shape index (κ3) is 2.56. The molecule has 1 fully saturated rings. The molecule has 0 unspecified atom stereocenters. The topological polar surface area (TPSA) is 12.5 Å². The van der Waals surface area contributed by atoms with Crippen molar-refractivity contribution in [2.45, 2.75) is 25.0 Å². The summed E-state index contributed by atoms with van der Waals surface area (Å²) in [6.07, 6.45) is 2.97. The van der Waals surface area contributed by atoms with E-state index in [-0.39, 0.29) is 0 Å². The van der Waals surface area contributed by atoms with Crippen LogP contribution in [0.15, 0.2) is 60.7 Å². The number of aryl methyl sites for hydroxylation is 1. The molecule has 2 atom stereocenters. The Morgan fingerprint density at radius 1 is 0.824 bits per heavy atom. The Morgan fingerprint density at radius 3 is 2.18 bits per heavy atom. The Kier molecular flexibility index (Phi) is 2.93. The monoisotopic (exact) mass is 224 g/mol. The lowest BCUT2D eigenvalue weighted by atomic mass is 10.0. The molecule has 86 valence electrons. The van der Waals surface area contributed by atoms with Gasteiger partial charge < -0.3 is 4.74 Å². The number of hydrogen-bond acceptors (Lipinski definition) is 1. The summed E-state index contributed by atoms with van der Waals surface area (Å²) in [5, 5.41) is 0. The van der Waals surface area contributed by atoms with E-state index in [4.69, 9.17) is 4.74 Å². The fourth-order valence-electron chi connectivity index (χ4n) is 2.25. The van der Waals surface area contributed by atoms with Gasteiger partial charge in [-0.3, -0.25) is 0 Å². The predicted molar refractivity (Wildman–Crippen MR) is 68.8 cm³/mol. The third-order valence-electron chi connectivity index (χ3n) is 3.27. The highest BCUT2D eigenvalue weighted by atomic mass is 16.6. The molecular formula is C16H16O. The highest BCUT2D eigenvalue weighted by molar-refractivity contribution is 5.23. The van der Waals surface area contributed by atoms with E-state index in [9.17, 15) is 0 Å². The van der Waals surface area contributed by atoms with E-state index >= 15 is 0 Å². The van der Waals surface area contributed by atoms with Crippen LogP contribution in [0.5, 0.6) is 0 Å². The lowest BCUT2D eigenvalue weighted by Gasteiger charge is -1.98. The van der Waals surface area contributed by atoms with Gasteiger partial charge in [0.2, 0.25) is 0 Å². The molecule has 17 heavy (non-hydrogen) atoms. The number of rotatable bonds is 4. The first kappa shape index (κ1) is 10.5. The van der Waals surface area contributed by atoms with E-state index < -0.39 is 0 Å². The number of benzene rings is 2. The minimum Gasteiger partial charge on any atom is -0.364 e. The van der Waals surface area contributed by atoms with Gasteiger partial charge in [0.05, 0.1) is 6.10 Å². The molecule has 3 rings (SSSR count). The van der Waals surface area contributed by atoms with Gasteiger partial charge in [0.25, 0.3) is 0 Å². The van der Waals surface area contributed by atoms with Gasteiger partial charge in [-0.15, -0.1) is 0 Å². The SMILES string of the molecule is c1ccc(CC[C@@H]2O[C@@H]2c2ccccc2)cc1. The van der Waals surface area contributed by atoms with E-state index in [0.29, 0.717) is 12.2 Å². The maximum absolute atomic E-state index is 5.72.